The van der Waals surface area contributed by atoms with E-state index in [9.17, 15) is 4.79 Å². The van der Waals surface area contributed by atoms with E-state index in [-0.39, 0.29) is 11.3 Å². The minimum Gasteiger partial charge on any atom is -0.345 e. The van der Waals surface area contributed by atoms with Gasteiger partial charge in [0.1, 0.15) is 10.7 Å². The van der Waals surface area contributed by atoms with E-state index in [0.717, 1.165) is 50.4 Å². The Bertz CT molecular complexity index is 1010. The third-order valence-electron chi connectivity index (χ3n) is 5.09. The number of carbonyl (C=O) groups excluding carboxylic acids is 1. The van der Waals surface area contributed by atoms with Crippen LogP contribution in [0.25, 0.3) is 10.2 Å². The van der Waals surface area contributed by atoms with E-state index in [0.29, 0.717) is 13.1 Å². The van der Waals surface area contributed by atoms with Gasteiger partial charge in [0.2, 0.25) is 0 Å². The highest BCUT2D eigenvalue weighted by molar-refractivity contribution is 7.20. The van der Waals surface area contributed by atoms with E-state index in [1.807, 2.05) is 30.3 Å². The number of hydrogen-bond acceptors (Lipinski definition) is 7. The first-order chi connectivity index (χ1) is 13.3. The zero-order valence-corrected chi connectivity index (χ0v) is 18.6. The van der Waals surface area contributed by atoms with Crippen LogP contribution >= 0.6 is 22.7 Å². The number of thiophene rings is 1. The molecule has 1 aliphatic rings. The maximum Gasteiger partial charge on any atom is 0.264 e. The second kappa shape index (κ2) is 7.08. The average Bonchev–Trinajstić information content (AvgIpc) is 3.29. The molecule has 0 saturated carbocycles. The third kappa shape index (κ3) is 3.39. The largest absolute Gasteiger partial charge is 0.345 e. The number of anilines is 1. The molecule has 0 N–H and O–H groups in total. The van der Waals surface area contributed by atoms with Gasteiger partial charge in [0, 0.05) is 48.6 Å². The summed E-state index contributed by atoms with van der Waals surface area (Å²) < 4.78 is 0. The lowest BCUT2D eigenvalue weighted by molar-refractivity contribution is 0.0751. The van der Waals surface area contributed by atoms with E-state index in [1.165, 1.54) is 11.3 Å². The van der Waals surface area contributed by atoms with E-state index in [2.05, 4.69) is 30.7 Å². The first-order valence-electron chi connectivity index (χ1n) is 9.47. The number of amides is 1. The van der Waals surface area contributed by atoms with Gasteiger partial charge in [-0.25, -0.2) is 15.0 Å². The zero-order valence-electron chi connectivity index (χ0n) is 16.9. The summed E-state index contributed by atoms with van der Waals surface area (Å²) in [6, 6.07) is 0. The van der Waals surface area contributed by atoms with Crippen molar-refractivity contribution in [2.75, 3.05) is 31.1 Å². The molecule has 0 aromatic carbocycles. The molecule has 0 spiro atoms. The molecule has 0 radical (unpaired) electrons. The van der Waals surface area contributed by atoms with Crippen LogP contribution in [0.1, 0.15) is 47.5 Å². The maximum atomic E-state index is 13.2. The number of fused-ring (bicyclic) bond motifs is 1. The lowest BCUT2D eigenvalue weighted by atomic mass is 9.95. The summed E-state index contributed by atoms with van der Waals surface area (Å²) in [5, 5.41) is 4.05. The van der Waals surface area contributed by atoms with Crippen LogP contribution in [0.3, 0.4) is 0 Å². The van der Waals surface area contributed by atoms with Crippen LogP contribution in [0.15, 0.2) is 11.6 Å². The van der Waals surface area contributed by atoms with Crippen LogP contribution in [0, 0.1) is 13.8 Å². The van der Waals surface area contributed by atoms with Crippen molar-refractivity contribution < 1.29 is 4.79 Å². The van der Waals surface area contributed by atoms with Gasteiger partial charge in [0.15, 0.2) is 5.13 Å². The molecule has 4 heterocycles. The monoisotopic (exact) mass is 415 g/mol. The number of thiazole rings is 1. The fourth-order valence-corrected chi connectivity index (χ4v) is 5.39. The molecule has 1 saturated heterocycles. The summed E-state index contributed by atoms with van der Waals surface area (Å²) >= 11 is 3.15. The van der Waals surface area contributed by atoms with Gasteiger partial charge in [0.25, 0.3) is 5.91 Å². The molecule has 0 atom stereocenters. The molecule has 0 unspecified atom stereocenters. The molecule has 1 amide bonds. The predicted octanol–water partition coefficient (Wildman–Crippen LogP) is 4.02. The Kier molecular flexibility index (Phi) is 4.87. The van der Waals surface area contributed by atoms with Gasteiger partial charge >= 0.3 is 0 Å². The lowest BCUT2D eigenvalue weighted by Crippen LogP contribution is -2.48. The topological polar surface area (TPSA) is 62.2 Å². The molecule has 1 fully saturated rings. The normalized spacial score (nSPS) is 15.5. The van der Waals surface area contributed by atoms with E-state index >= 15 is 0 Å². The highest BCUT2D eigenvalue weighted by atomic mass is 32.1. The standard InChI is InChI=1S/C20H25N5OS2/c1-12-14-13(2)22-18(20(3,4)5)23-16(14)28-15(12)17(26)24-7-9-25(10-8-24)19-21-6-11-27-19/h6,11H,7-10H2,1-5H3. The molecule has 148 valence electrons. The number of aromatic nitrogens is 3. The summed E-state index contributed by atoms with van der Waals surface area (Å²) in [6.07, 6.45) is 1.83. The van der Waals surface area contributed by atoms with E-state index < -0.39 is 0 Å². The molecule has 1 aliphatic heterocycles. The van der Waals surface area contributed by atoms with Gasteiger partial charge in [-0.15, -0.1) is 22.7 Å². The van der Waals surface area contributed by atoms with Gasteiger partial charge < -0.3 is 9.80 Å². The number of rotatable bonds is 2. The Hall–Kier alpha value is -2.06. The van der Waals surface area contributed by atoms with Crippen LogP contribution in [0.2, 0.25) is 0 Å². The van der Waals surface area contributed by atoms with Crippen molar-refractivity contribution in [3.63, 3.8) is 0 Å². The van der Waals surface area contributed by atoms with E-state index in [4.69, 9.17) is 9.97 Å². The molecule has 3 aromatic rings. The van der Waals surface area contributed by atoms with Crippen molar-refractivity contribution in [1.29, 1.82) is 0 Å². The van der Waals surface area contributed by atoms with Crippen LogP contribution in [-0.4, -0.2) is 51.9 Å². The summed E-state index contributed by atoms with van der Waals surface area (Å²) in [5.74, 6) is 0.936. The van der Waals surface area contributed by atoms with E-state index in [1.54, 1.807) is 11.3 Å². The van der Waals surface area contributed by atoms with Crippen LogP contribution in [0.5, 0.6) is 0 Å². The first kappa shape index (κ1) is 19.3. The second-order valence-corrected chi connectivity index (χ2v) is 10.1. The minimum atomic E-state index is -0.118. The summed E-state index contributed by atoms with van der Waals surface area (Å²) in [7, 11) is 0. The smallest absolute Gasteiger partial charge is 0.264 e. The minimum absolute atomic E-state index is 0.107. The Morgan fingerprint density at radius 1 is 1.11 bits per heavy atom. The third-order valence-corrected chi connectivity index (χ3v) is 7.10. The molecule has 3 aromatic heterocycles. The highest BCUT2D eigenvalue weighted by Crippen LogP contribution is 2.34. The number of piperazine rings is 1. The van der Waals surface area contributed by atoms with Gasteiger partial charge in [-0.1, -0.05) is 20.8 Å². The fourth-order valence-electron chi connectivity index (χ4n) is 3.49. The second-order valence-electron chi connectivity index (χ2n) is 8.21. The van der Waals surface area contributed by atoms with Crippen LogP contribution in [-0.2, 0) is 5.41 Å². The molecule has 0 aliphatic carbocycles. The molecular weight excluding hydrogens is 390 g/mol. The number of nitrogens with zero attached hydrogens (tertiary/aromatic N) is 5. The van der Waals surface area contributed by atoms with Crippen molar-refractivity contribution in [3.05, 3.63) is 33.5 Å². The van der Waals surface area contributed by atoms with Crippen molar-refractivity contribution in [1.82, 2.24) is 19.9 Å². The van der Waals surface area contributed by atoms with Gasteiger partial charge in [0.05, 0.1) is 10.6 Å². The summed E-state index contributed by atoms with van der Waals surface area (Å²) in [5.41, 5.74) is 1.84. The van der Waals surface area contributed by atoms with Crippen LogP contribution in [0.4, 0.5) is 5.13 Å². The Labute approximate surface area is 173 Å². The summed E-state index contributed by atoms with van der Waals surface area (Å²) in [4.78, 5) is 33.0. The number of hydrogen-bond donors (Lipinski definition) is 0. The highest BCUT2D eigenvalue weighted by Gasteiger charge is 2.28. The zero-order chi connectivity index (χ0) is 20.1. The first-order valence-corrected chi connectivity index (χ1v) is 11.2. The average molecular weight is 416 g/mol. The fraction of sp³-hybridized carbons (Fsp3) is 0.500. The van der Waals surface area contributed by atoms with Crippen molar-refractivity contribution in [2.45, 2.75) is 40.0 Å². The Morgan fingerprint density at radius 3 is 2.43 bits per heavy atom. The summed E-state index contributed by atoms with van der Waals surface area (Å²) in [6.45, 7) is 13.4. The maximum absolute atomic E-state index is 13.2. The predicted molar refractivity (Wildman–Crippen MR) is 116 cm³/mol. The number of carbonyl (C=O) groups is 1. The van der Waals surface area contributed by atoms with Gasteiger partial charge in [-0.2, -0.15) is 0 Å². The number of aryl methyl sites for hydroxylation is 2. The molecule has 0 bridgehead atoms. The van der Waals surface area contributed by atoms with Crippen LogP contribution < -0.4 is 4.90 Å². The Morgan fingerprint density at radius 2 is 1.82 bits per heavy atom. The molecular formula is C20H25N5OS2. The quantitative estimate of drug-likeness (QED) is 0.632. The molecule has 28 heavy (non-hydrogen) atoms. The van der Waals surface area contributed by atoms with Crippen molar-refractivity contribution >= 4 is 43.9 Å². The van der Waals surface area contributed by atoms with Crippen molar-refractivity contribution in [3.8, 4) is 0 Å². The van der Waals surface area contributed by atoms with Gasteiger partial charge in [-0.05, 0) is 19.4 Å². The molecule has 8 heteroatoms. The molecule has 6 nitrogen and oxygen atoms in total. The van der Waals surface area contributed by atoms with Crippen molar-refractivity contribution in [2.24, 2.45) is 0 Å². The lowest BCUT2D eigenvalue weighted by Gasteiger charge is -2.34. The Balaban J connectivity index is 1.60. The molecule has 4 rings (SSSR count). The SMILES string of the molecule is Cc1nc(C(C)(C)C)nc2sc(C(=O)N3CCN(c4nccs4)CC3)c(C)c12. The van der Waals surface area contributed by atoms with Gasteiger partial charge in [-0.3, -0.25) is 4.79 Å².